The molecule has 4 aromatic rings. The van der Waals surface area contributed by atoms with Crippen molar-refractivity contribution in [2.24, 2.45) is 0 Å². The molecule has 1 aliphatic heterocycles. The molecule has 0 saturated carbocycles. The first-order chi connectivity index (χ1) is 20.3. The number of methoxy groups -OCH3 is 1. The van der Waals surface area contributed by atoms with Crippen molar-refractivity contribution in [3.05, 3.63) is 64.3 Å². The number of imidazole rings is 1. The van der Waals surface area contributed by atoms with Gasteiger partial charge in [0.2, 0.25) is 10.0 Å². The molecule has 3 heterocycles. The average Bonchev–Trinajstić information content (AvgIpc) is 3.33. The minimum Gasteiger partial charge on any atom is -0.497 e. The molecule has 0 atom stereocenters. The Hall–Kier alpha value is -3.90. The standard InChI is InChI=1S/C30H38N6O5S/c1-5-7-8-9-27-31-21(3)28-30(37)32-29(33-36(27)28)25-20-24(14-15-26(25)41-6-2)42(38,39)35-18-16-34(17-19-35)22-10-12-23(40-4)13-11-22/h10-15,20H,5-9,16-19H2,1-4H3,(H,32,33,37). The number of ether oxygens (including phenoxy) is 2. The number of sulfonamides is 1. The van der Waals surface area contributed by atoms with Gasteiger partial charge in [0, 0.05) is 38.3 Å². The normalized spacial score (nSPS) is 14.4. The molecule has 0 amide bonds. The van der Waals surface area contributed by atoms with Crippen LogP contribution in [0.25, 0.3) is 16.9 Å². The number of fused-ring (bicyclic) bond motifs is 1. The minimum atomic E-state index is -3.82. The fourth-order valence-electron chi connectivity index (χ4n) is 5.32. The summed E-state index contributed by atoms with van der Waals surface area (Å²) >= 11 is 0. The number of unbranched alkanes of at least 4 members (excludes halogenated alkanes) is 2. The Morgan fingerprint density at radius 2 is 1.74 bits per heavy atom. The number of nitrogens with one attached hydrogen (secondary N) is 1. The fraction of sp³-hybridized carbons (Fsp3) is 0.433. The summed E-state index contributed by atoms with van der Waals surface area (Å²) in [7, 11) is -2.19. The zero-order chi connectivity index (χ0) is 29.9. The van der Waals surface area contributed by atoms with Gasteiger partial charge in [-0.2, -0.15) is 4.31 Å². The number of aromatic amines is 1. The van der Waals surface area contributed by atoms with Gasteiger partial charge in [-0.05, 0) is 62.7 Å². The largest absolute Gasteiger partial charge is 0.497 e. The number of anilines is 1. The van der Waals surface area contributed by atoms with E-state index in [1.807, 2.05) is 31.2 Å². The minimum absolute atomic E-state index is 0.117. The topological polar surface area (TPSA) is 122 Å². The number of H-pyrrole nitrogens is 1. The maximum atomic E-state index is 13.8. The Balaban J connectivity index is 1.46. The lowest BCUT2D eigenvalue weighted by molar-refractivity contribution is 0.341. The SMILES string of the molecule is CCCCCc1nc(C)c2c(=O)[nH]c(-c3cc(S(=O)(=O)N4CCN(c5ccc(OC)cc5)CC4)ccc3OCC)nn12. The van der Waals surface area contributed by atoms with E-state index in [0.29, 0.717) is 67.6 Å². The number of piperazine rings is 1. The summed E-state index contributed by atoms with van der Waals surface area (Å²) < 4.78 is 41.8. The van der Waals surface area contributed by atoms with Crippen LogP contribution in [0.1, 0.15) is 44.6 Å². The van der Waals surface area contributed by atoms with Gasteiger partial charge in [0.1, 0.15) is 17.3 Å². The molecule has 12 heteroatoms. The van der Waals surface area contributed by atoms with Crippen molar-refractivity contribution in [3.63, 3.8) is 0 Å². The predicted molar refractivity (Wildman–Crippen MR) is 162 cm³/mol. The number of hydrogen-bond donors (Lipinski definition) is 1. The molecular formula is C30H38N6O5S. The average molecular weight is 595 g/mol. The second-order valence-corrected chi connectivity index (χ2v) is 12.3. The summed E-state index contributed by atoms with van der Waals surface area (Å²) in [5.41, 5.74) is 2.08. The highest BCUT2D eigenvalue weighted by atomic mass is 32.2. The van der Waals surface area contributed by atoms with Crippen molar-refractivity contribution < 1.29 is 17.9 Å². The molecule has 0 unspecified atom stereocenters. The highest BCUT2D eigenvalue weighted by Gasteiger charge is 2.30. The molecule has 1 aliphatic rings. The van der Waals surface area contributed by atoms with E-state index in [1.54, 1.807) is 36.7 Å². The van der Waals surface area contributed by atoms with Gasteiger partial charge in [0.05, 0.1) is 29.9 Å². The number of nitrogens with zero attached hydrogens (tertiary/aromatic N) is 5. The molecule has 5 rings (SSSR count). The highest BCUT2D eigenvalue weighted by Crippen LogP contribution is 2.32. The van der Waals surface area contributed by atoms with Crippen molar-refractivity contribution in [3.8, 4) is 22.9 Å². The van der Waals surface area contributed by atoms with Crippen molar-refractivity contribution in [1.29, 1.82) is 0 Å². The molecule has 0 spiro atoms. The molecular weight excluding hydrogens is 556 g/mol. The van der Waals surface area contributed by atoms with Crippen LogP contribution < -0.4 is 19.9 Å². The molecule has 0 radical (unpaired) electrons. The molecule has 224 valence electrons. The van der Waals surface area contributed by atoms with E-state index in [0.717, 1.165) is 30.7 Å². The van der Waals surface area contributed by atoms with Gasteiger partial charge in [-0.15, -0.1) is 5.10 Å². The summed E-state index contributed by atoms with van der Waals surface area (Å²) in [5.74, 6) is 2.15. The zero-order valence-corrected chi connectivity index (χ0v) is 25.4. The molecule has 0 aliphatic carbocycles. The number of benzene rings is 2. The van der Waals surface area contributed by atoms with Crippen molar-refractivity contribution in [2.75, 3.05) is 44.8 Å². The second-order valence-electron chi connectivity index (χ2n) is 10.3. The van der Waals surface area contributed by atoms with Crippen LogP contribution in [0.2, 0.25) is 0 Å². The molecule has 0 bridgehead atoms. The molecule has 11 nitrogen and oxygen atoms in total. The van der Waals surface area contributed by atoms with E-state index in [4.69, 9.17) is 14.6 Å². The second kappa shape index (κ2) is 12.5. The maximum Gasteiger partial charge on any atom is 0.277 e. The third-order valence-electron chi connectivity index (χ3n) is 7.57. The van der Waals surface area contributed by atoms with E-state index in [-0.39, 0.29) is 16.3 Å². The van der Waals surface area contributed by atoms with Crippen LogP contribution >= 0.6 is 0 Å². The van der Waals surface area contributed by atoms with Crippen molar-refractivity contribution in [2.45, 2.75) is 51.3 Å². The lowest BCUT2D eigenvalue weighted by atomic mass is 10.2. The lowest BCUT2D eigenvalue weighted by Gasteiger charge is -2.35. The molecule has 1 fully saturated rings. The van der Waals surface area contributed by atoms with Crippen LogP contribution in [0, 0.1) is 6.92 Å². The molecule has 1 N–H and O–H groups in total. The molecule has 42 heavy (non-hydrogen) atoms. The van der Waals surface area contributed by atoms with E-state index < -0.39 is 10.0 Å². The molecule has 2 aromatic carbocycles. The summed E-state index contributed by atoms with van der Waals surface area (Å²) in [4.78, 5) is 22.9. The van der Waals surface area contributed by atoms with Gasteiger partial charge >= 0.3 is 0 Å². The monoisotopic (exact) mass is 594 g/mol. The molecule has 2 aromatic heterocycles. The Labute approximate surface area is 246 Å². The maximum absolute atomic E-state index is 13.8. The van der Waals surface area contributed by atoms with Gasteiger partial charge < -0.3 is 19.4 Å². The predicted octanol–water partition coefficient (Wildman–Crippen LogP) is 4.04. The van der Waals surface area contributed by atoms with Crippen LogP contribution in [0.3, 0.4) is 0 Å². The Morgan fingerprint density at radius 1 is 1.00 bits per heavy atom. The third-order valence-corrected chi connectivity index (χ3v) is 9.46. The summed E-state index contributed by atoms with van der Waals surface area (Å²) in [6.45, 7) is 7.94. The fourth-order valence-corrected chi connectivity index (χ4v) is 6.77. The van der Waals surface area contributed by atoms with Gasteiger partial charge in [0.15, 0.2) is 11.3 Å². The summed E-state index contributed by atoms with van der Waals surface area (Å²) in [5, 5.41) is 4.73. The zero-order valence-electron chi connectivity index (χ0n) is 24.6. The Kier molecular flexibility index (Phi) is 8.83. The van der Waals surface area contributed by atoms with Gasteiger partial charge in [-0.25, -0.2) is 17.9 Å². The van der Waals surface area contributed by atoms with E-state index >= 15 is 0 Å². The summed E-state index contributed by atoms with van der Waals surface area (Å²) in [6, 6.07) is 12.5. The van der Waals surface area contributed by atoms with E-state index in [1.165, 1.54) is 4.31 Å². The van der Waals surface area contributed by atoms with Gasteiger partial charge in [0.25, 0.3) is 5.56 Å². The number of aryl methyl sites for hydroxylation is 2. The van der Waals surface area contributed by atoms with Crippen LogP contribution in [-0.4, -0.2) is 72.2 Å². The van der Waals surface area contributed by atoms with E-state index in [9.17, 15) is 13.2 Å². The van der Waals surface area contributed by atoms with Gasteiger partial charge in [-0.1, -0.05) is 19.8 Å². The number of rotatable bonds is 11. The van der Waals surface area contributed by atoms with Crippen molar-refractivity contribution >= 4 is 21.2 Å². The van der Waals surface area contributed by atoms with Gasteiger partial charge in [-0.3, -0.25) is 4.79 Å². The smallest absolute Gasteiger partial charge is 0.277 e. The number of hydrogen-bond acceptors (Lipinski definition) is 8. The molecule has 1 saturated heterocycles. The Morgan fingerprint density at radius 3 is 2.40 bits per heavy atom. The first-order valence-electron chi connectivity index (χ1n) is 14.4. The number of aromatic nitrogens is 4. The van der Waals surface area contributed by atoms with Crippen LogP contribution in [-0.2, 0) is 16.4 Å². The summed E-state index contributed by atoms with van der Waals surface area (Å²) in [6.07, 6.45) is 3.74. The lowest BCUT2D eigenvalue weighted by Crippen LogP contribution is -2.48. The Bertz CT molecular complexity index is 1710. The first-order valence-corrected chi connectivity index (χ1v) is 15.9. The van der Waals surface area contributed by atoms with E-state index in [2.05, 4.69) is 21.8 Å². The van der Waals surface area contributed by atoms with Crippen LogP contribution in [0.4, 0.5) is 5.69 Å². The quantitative estimate of drug-likeness (QED) is 0.258. The highest BCUT2D eigenvalue weighted by molar-refractivity contribution is 7.89. The van der Waals surface area contributed by atoms with Crippen LogP contribution in [0.15, 0.2) is 52.2 Å². The first kappa shape index (κ1) is 29.6. The third kappa shape index (κ3) is 5.86. The van der Waals surface area contributed by atoms with Crippen molar-refractivity contribution in [1.82, 2.24) is 23.9 Å². The van der Waals surface area contributed by atoms with Crippen LogP contribution in [0.5, 0.6) is 11.5 Å².